The Morgan fingerprint density at radius 1 is 1.30 bits per heavy atom. The Morgan fingerprint density at radius 3 is 2.35 bits per heavy atom. The van der Waals surface area contributed by atoms with Gasteiger partial charge in [-0.25, -0.2) is 0 Å². The van der Waals surface area contributed by atoms with E-state index in [1.54, 1.807) is 12.5 Å². The zero-order chi connectivity index (χ0) is 17.3. The maximum Gasteiger partial charge on any atom is 0.314 e. The lowest BCUT2D eigenvalue weighted by Crippen LogP contribution is -2.47. The van der Waals surface area contributed by atoms with Gasteiger partial charge in [0.05, 0.1) is 31.2 Å². The molecule has 4 nitrogen and oxygen atoms in total. The maximum atomic E-state index is 12.7. The lowest BCUT2D eigenvalue weighted by atomic mass is 9.78. The molecule has 0 amide bonds. The SMILES string of the molecule is COC(=O)C1(C(O[Si](C)(C)C(C)(C)C)c2ccoc2)CCCC1. The highest BCUT2D eigenvalue weighted by Gasteiger charge is 2.53. The average Bonchev–Trinajstić information content (AvgIpc) is 3.14. The quantitative estimate of drug-likeness (QED) is 0.555. The van der Waals surface area contributed by atoms with Gasteiger partial charge in [-0.05, 0) is 37.0 Å². The van der Waals surface area contributed by atoms with Crippen LogP contribution in [0.4, 0.5) is 0 Å². The zero-order valence-corrected chi connectivity index (χ0v) is 16.3. The van der Waals surface area contributed by atoms with Crippen LogP contribution in [-0.2, 0) is 14.0 Å². The molecule has 0 N–H and O–H groups in total. The fourth-order valence-electron chi connectivity index (χ4n) is 3.18. The molecule has 23 heavy (non-hydrogen) atoms. The Labute approximate surface area is 140 Å². The predicted molar refractivity (Wildman–Crippen MR) is 92.6 cm³/mol. The van der Waals surface area contributed by atoms with Gasteiger partial charge in [0, 0.05) is 5.56 Å². The predicted octanol–water partition coefficient (Wildman–Crippen LogP) is 5.08. The highest BCUT2D eigenvalue weighted by atomic mass is 28.4. The van der Waals surface area contributed by atoms with Gasteiger partial charge in [-0.15, -0.1) is 0 Å². The molecule has 0 aliphatic heterocycles. The molecule has 0 radical (unpaired) electrons. The lowest BCUT2D eigenvalue weighted by molar-refractivity contribution is -0.159. The molecule has 5 heteroatoms. The van der Waals surface area contributed by atoms with E-state index in [0.717, 1.165) is 31.2 Å². The second kappa shape index (κ2) is 6.44. The first-order chi connectivity index (χ1) is 10.6. The fourth-order valence-corrected chi connectivity index (χ4v) is 4.48. The van der Waals surface area contributed by atoms with Crippen LogP contribution in [0.1, 0.15) is 58.1 Å². The van der Waals surface area contributed by atoms with Gasteiger partial charge in [0.2, 0.25) is 0 Å². The summed E-state index contributed by atoms with van der Waals surface area (Å²) in [5, 5.41) is 0.0743. The van der Waals surface area contributed by atoms with Crippen molar-refractivity contribution in [2.24, 2.45) is 5.41 Å². The van der Waals surface area contributed by atoms with Crippen LogP contribution in [0.15, 0.2) is 23.0 Å². The first-order valence-electron chi connectivity index (χ1n) is 8.42. The van der Waals surface area contributed by atoms with Crippen molar-refractivity contribution in [2.75, 3.05) is 7.11 Å². The van der Waals surface area contributed by atoms with Gasteiger partial charge in [-0.2, -0.15) is 0 Å². The van der Waals surface area contributed by atoms with E-state index in [9.17, 15) is 4.79 Å². The highest BCUT2D eigenvalue weighted by Crippen LogP contribution is 2.53. The van der Waals surface area contributed by atoms with Gasteiger partial charge in [0.25, 0.3) is 0 Å². The van der Waals surface area contributed by atoms with Gasteiger partial charge >= 0.3 is 5.97 Å². The molecule has 1 aromatic rings. The van der Waals surface area contributed by atoms with E-state index in [0.29, 0.717) is 0 Å². The third-order valence-electron chi connectivity index (χ3n) is 5.65. The smallest absolute Gasteiger partial charge is 0.314 e. The summed E-state index contributed by atoms with van der Waals surface area (Å²) in [5.41, 5.74) is 0.357. The molecule has 1 saturated carbocycles. The number of hydrogen-bond donors (Lipinski definition) is 0. The summed E-state index contributed by atoms with van der Waals surface area (Å²) in [6.45, 7) is 11.1. The van der Waals surface area contributed by atoms with Crippen LogP contribution in [0.25, 0.3) is 0 Å². The lowest BCUT2D eigenvalue weighted by Gasteiger charge is -2.44. The zero-order valence-electron chi connectivity index (χ0n) is 15.3. The molecular formula is C18H30O4Si. The second-order valence-corrected chi connectivity index (χ2v) is 12.9. The van der Waals surface area contributed by atoms with E-state index in [2.05, 4.69) is 33.9 Å². The number of methoxy groups -OCH3 is 1. The van der Waals surface area contributed by atoms with Crippen molar-refractivity contribution in [1.29, 1.82) is 0 Å². The number of esters is 1. The topological polar surface area (TPSA) is 48.7 Å². The molecule has 2 rings (SSSR count). The van der Waals surface area contributed by atoms with Crippen molar-refractivity contribution >= 4 is 14.3 Å². The standard InChI is InChI=1S/C18H30O4Si/c1-17(2,3)23(5,6)22-15(14-9-12-21-13-14)18(16(19)20-4)10-7-8-11-18/h9,12-13,15H,7-8,10-11H2,1-6H3. The summed E-state index contributed by atoms with van der Waals surface area (Å²) in [6, 6.07) is 1.92. The fraction of sp³-hybridized carbons (Fsp3) is 0.722. The van der Waals surface area contributed by atoms with Gasteiger partial charge in [-0.3, -0.25) is 4.79 Å². The summed E-state index contributed by atoms with van der Waals surface area (Å²) in [7, 11) is -0.573. The molecule has 0 saturated heterocycles. The van der Waals surface area contributed by atoms with Crippen molar-refractivity contribution in [3.05, 3.63) is 24.2 Å². The van der Waals surface area contributed by atoms with Gasteiger partial charge in [-0.1, -0.05) is 33.6 Å². The van der Waals surface area contributed by atoms with E-state index in [1.807, 2.05) is 6.07 Å². The molecule has 1 heterocycles. The Morgan fingerprint density at radius 2 is 1.91 bits per heavy atom. The molecule has 1 unspecified atom stereocenters. The molecule has 0 bridgehead atoms. The first-order valence-corrected chi connectivity index (χ1v) is 11.3. The van der Waals surface area contributed by atoms with Crippen LogP contribution in [0, 0.1) is 5.41 Å². The Bertz CT molecular complexity index is 522. The monoisotopic (exact) mass is 338 g/mol. The third kappa shape index (κ3) is 3.40. The first kappa shape index (κ1) is 18.3. The van der Waals surface area contributed by atoms with Crippen molar-refractivity contribution < 1.29 is 18.4 Å². The van der Waals surface area contributed by atoms with Crippen LogP contribution >= 0.6 is 0 Å². The van der Waals surface area contributed by atoms with Crippen LogP contribution in [-0.4, -0.2) is 21.4 Å². The number of furan rings is 1. The number of hydrogen-bond acceptors (Lipinski definition) is 4. The molecule has 1 aliphatic carbocycles. The molecule has 1 aliphatic rings. The van der Waals surface area contributed by atoms with E-state index in [4.69, 9.17) is 13.6 Å². The summed E-state index contributed by atoms with van der Waals surface area (Å²) in [6.07, 6.45) is 6.75. The van der Waals surface area contributed by atoms with Crippen LogP contribution in [0.2, 0.25) is 18.1 Å². The Balaban J connectivity index is 2.45. The number of rotatable bonds is 5. The summed E-state index contributed by atoms with van der Waals surface area (Å²) < 4.78 is 17.2. The molecule has 1 atom stereocenters. The van der Waals surface area contributed by atoms with E-state index < -0.39 is 13.7 Å². The molecule has 0 spiro atoms. The molecule has 1 aromatic heterocycles. The Kier molecular flexibility index (Phi) is 5.11. The van der Waals surface area contributed by atoms with Crippen molar-refractivity contribution in [2.45, 2.75) is 70.7 Å². The number of carbonyl (C=O) groups is 1. The number of ether oxygens (including phenoxy) is 1. The second-order valence-electron chi connectivity index (χ2n) is 8.17. The van der Waals surface area contributed by atoms with Crippen molar-refractivity contribution in [3.63, 3.8) is 0 Å². The molecule has 130 valence electrons. The third-order valence-corrected chi connectivity index (χ3v) is 10.1. The van der Waals surface area contributed by atoms with E-state index in [-0.39, 0.29) is 17.1 Å². The van der Waals surface area contributed by atoms with Crippen LogP contribution < -0.4 is 0 Å². The van der Waals surface area contributed by atoms with Gasteiger partial charge < -0.3 is 13.6 Å². The molecule has 0 aromatic carbocycles. The minimum Gasteiger partial charge on any atom is -0.472 e. The largest absolute Gasteiger partial charge is 0.472 e. The minimum absolute atomic E-state index is 0.0743. The van der Waals surface area contributed by atoms with Gasteiger partial charge in [0.1, 0.15) is 0 Å². The molecule has 1 fully saturated rings. The average molecular weight is 339 g/mol. The van der Waals surface area contributed by atoms with Crippen molar-refractivity contribution in [1.82, 2.24) is 0 Å². The summed E-state index contributed by atoms with van der Waals surface area (Å²) >= 11 is 0. The summed E-state index contributed by atoms with van der Waals surface area (Å²) in [4.78, 5) is 12.7. The van der Waals surface area contributed by atoms with Crippen LogP contribution in [0.3, 0.4) is 0 Å². The molecular weight excluding hydrogens is 308 g/mol. The minimum atomic E-state index is -2.05. The normalized spacial score (nSPS) is 19.6. The van der Waals surface area contributed by atoms with Crippen molar-refractivity contribution in [3.8, 4) is 0 Å². The maximum absolute atomic E-state index is 12.7. The van der Waals surface area contributed by atoms with E-state index >= 15 is 0 Å². The summed E-state index contributed by atoms with van der Waals surface area (Å²) in [5.74, 6) is -0.153. The Hall–Kier alpha value is -1.07. The van der Waals surface area contributed by atoms with Gasteiger partial charge in [0.15, 0.2) is 8.32 Å². The number of carbonyl (C=O) groups excluding carboxylic acids is 1. The van der Waals surface area contributed by atoms with E-state index in [1.165, 1.54) is 7.11 Å². The highest BCUT2D eigenvalue weighted by molar-refractivity contribution is 6.74. The van der Waals surface area contributed by atoms with Crippen LogP contribution in [0.5, 0.6) is 0 Å².